The standard InChI is InChI=1S/C20H19ClN2O3/c1-11(2)26-19(20(24)25)17-12(3)23-16-7-6-14(21)9-15(16)18(17)13-5-4-8-22-10-13/h4-11,19H,1-3H3,(H,24,25). The lowest BCUT2D eigenvalue weighted by Gasteiger charge is -2.23. The molecule has 0 aliphatic heterocycles. The van der Waals surface area contributed by atoms with Crippen molar-refractivity contribution < 1.29 is 14.6 Å². The maximum atomic E-state index is 12.0. The number of rotatable bonds is 5. The van der Waals surface area contributed by atoms with Crippen LogP contribution in [0, 0.1) is 6.92 Å². The second-order valence-corrected chi connectivity index (χ2v) is 6.73. The lowest BCUT2D eigenvalue weighted by molar-refractivity contribution is -0.153. The van der Waals surface area contributed by atoms with Crippen LogP contribution in [0.1, 0.15) is 31.2 Å². The predicted molar refractivity (Wildman–Crippen MR) is 101 cm³/mol. The van der Waals surface area contributed by atoms with Crippen molar-refractivity contribution in [3.05, 3.63) is 59.0 Å². The third kappa shape index (κ3) is 3.54. The summed E-state index contributed by atoms with van der Waals surface area (Å²) in [5.41, 5.74) is 3.39. The van der Waals surface area contributed by atoms with Crippen molar-refractivity contribution in [2.45, 2.75) is 33.0 Å². The van der Waals surface area contributed by atoms with Crippen LogP contribution in [0.3, 0.4) is 0 Å². The summed E-state index contributed by atoms with van der Waals surface area (Å²) in [4.78, 5) is 20.8. The summed E-state index contributed by atoms with van der Waals surface area (Å²) in [6.07, 6.45) is 1.98. The Labute approximate surface area is 156 Å². The van der Waals surface area contributed by atoms with Crippen molar-refractivity contribution in [3.63, 3.8) is 0 Å². The number of fused-ring (bicyclic) bond motifs is 1. The predicted octanol–water partition coefficient (Wildman–Crippen LogP) is 4.81. The molecule has 0 radical (unpaired) electrons. The first kappa shape index (κ1) is 18.3. The van der Waals surface area contributed by atoms with Gasteiger partial charge in [0.2, 0.25) is 0 Å². The van der Waals surface area contributed by atoms with Gasteiger partial charge in [-0.15, -0.1) is 0 Å². The monoisotopic (exact) mass is 370 g/mol. The molecular weight excluding hydrogens is 352 g/mol. The van der Waals surface area contributed by atoms with E-state index in [2.05, 4.69) is 9.97 Å². The van der Waals surface area contributed by atoms with Crippen molar-refractivity contribution in [1.29, 1.82) is 0 Å². The molecule has 3 aromatic rings. The van der Waals surface area contributed by atoms with E-state index in [9.17, 15) is 9.90 Å². The third-order valence-electron chi connectivity index (χ3n) is 4.02. The van der Waals surface area contributed by atoms with Crippen LogP contribution in [0.25, 0.3) is 22.0 Å². The Hall–Kier alpha value is -2.50. The first-order chi connectivity index (χ1) is 12.4. The van der Waals surface area contributed by atoms with Gasteiger partial charge in [0.25, 0.3) is 0 Å². The SMILES string of the molecule is Cc1nc2ccc(Cl)cc2c(-c2cccnc2)c1C(OC(C)C)C(=O)O. The van der Waals surface area contributed by atoms with E-state index in [0.29, 0.717) is 16.3 Å². The van der Waals surface area contributed by atoms with E-state index in [4.69, 9.17) is 16.3 Å². The summed E-state index contributed by atoms with van der Waals surface area (Å²) in [6.45, 7) is 5.41. The Morgan fingerprint density at radius 2 is 2.04 bits per heavy atom. The fraction of sp³-hybridized carbons (Fsp3) is 0.250. The van der Waals surface area contributed by atoms with Crippen LogP contribution in [0.2, 0.25) is 5.02 Å². The minimum absolute atomic E-state index is 0.257. The molecule has 3 rings (SSSR count). The van der Waals surface area contributed by atoms with Gasteiger partial charge in [-0.1, -0.05) is 17.7 Å². The molecule has 2 heterocycles. The fourth-order valence-corrected chi connectivity index (χ4v) is 3.21. The number of aliphatic carboxylic acids is 1. The minimum atomic E-state index is -1.14. The molecule has 0 saturated carbocycles. The van der Waals surface area contributed by atoms with Gasteiger partial charge in [0, 0.05) is 45.2 Å². The van der Waals surface area contributed by atoms with Gasteiger partial charge in [-0.3, -0.25) is 9.97 Å². The Kier molecular flexibility index (Phi) is 5.20. The molecule has 0 aliphatic rings. The zero-order valence-electron chi connectivity index (χ0n) is 14.7. The molecule has 134 valence electrons. The Balaban J connectivity index is 2.41. The molecule has 5 nitrogen and oxygen atoms in total. The van der Waals surface area contributed by atoms with Gasteiger partial charge in [0.05, 0.1) is 11.6 Å². The number of hydrogen-bond acceptors (Lipinski definition) is 4. The van der Waals surface area contributed by atoms with Crippen LogP contribution in [0.5, 0.6) is 0 Å². The number of aromatic nitrogens is 2. The average molecular weight is 371 g/mol. The van der Waals surface area contributed by atoms with Crippen LogP contribution in [0.15, 0.2) is 42.7 Å². The second kappa shape index (κ2) is 7.40. The number of halogens is 1. The second-order valence-electron chi connectivity index (χ2n) is 6.29. The Bertz CT molecular complexity index is 958. The van der Waals surface area contributed by atoms with E-state index >= 15 is 0 Å². The number of hydrogen-bond donors (Lipinski definition) is 1. The van der Waals surface area contributed by atoms with Gasteiger partial charge in [0.1, 0.15) is 0 Å². The van der Waals surface area contributed by atoms with Gasteiger partial charge in [-0.25, -0.2) is 4.79 Å². The van der Waals surface area contributed by atoms with E-state index in [1.165, 1.54) is 0 Å². The van der Waals surface area contributed by atoms with Crippen LogP contribution >= 0.6 is 11.6 Å². The number of ether oxygens (including phenoxy) is 1. The first-order valence-electron chi connectivity index (χ1n) is 8.27. The zero-order valence-corrected chi connectivity index (χ0v) is 15.5. The van der Waals surface area contributed by atoms with Crippen LogP contribution in [-0.2, 0) is 9.53 Å². The number of aryl methyl sites for hydroxylation is 1. The number of nitrogens with zero attached hydrogens (tertiary/aromatic N) is 2. The molecule has 0 aliphatic carbocycles. The van der Waals surface area contributed by atoms with Crippen molar-refractivity contribution in [2.75, 3.05) is 0 Å². The summed E-state index contributed by atoms with van der Waals surface area (Å²) in [7, 11) is 0. The summed E-state index contributed by atoms with van der Waals surface area (Å²) < 4.78 is 5.73. The highest BCUT2D eigenvalue weighted by atomic mass is 35.5. The van der Waals surface area contributed by atoms with Crippen molar-refractivity contribution in [1.82, 2.24) is 9.97 Å². The largest absolute Gasteiger partial charge is 0.479 e. The molecule has 0 spiro atoms. The summed E-state index contributed by atoms with van der Waals surface area (Å²) in [6, 6.07) is 9.09. The third-order valence-corrected chi connectivity index (χ3v) is 4.26. The van der Waals surface area contributed by atoms with E-state index in [1.54, 1.807) is 45.3 Å². The van der Waals surface area contributed by atoms with E-state index in [1.807, 2.05) is 18.2 Å². The summed E-state index contributed by atoms with van der Waals surface area (Å²) in [5.74, 6) is -1.06. The maximum Gasteiger partial charge on any atom is 0.337 e. The maximum absolute atomic E-state index is 12.0. The molecule has 0 amide bonds. The Morgan fingerprint density at radius 1 is 1.27 bits per heavy atom. The van der Waals surface area contributed by atoms with Crippen LogP contribution in [-0.4, -0.2) is 27.1 Å². The van der Waals surface area contributed by atoms with E-state index in [0.717, 1.165) is 22.0 Å². The molecular formula is C20H19ClN2O3. The molecule has 1 unspecified atom stereocenters. The van der Waals surface area contributed by atoms with Gasteiger partial charge in [-0.2, -0.15) is 0 Å². The van der Waals surface area contributed by atoms with E-state index in [-0.39, 0.29) is 6.10 Å². The molecule has 6 heteroatoms. The van der Waals surface area contributed by atoms with E-state index < -0.39 is 12.1 Å². The van der Waals surface area contributed by atoms with Crippen LogP contribution < -0.4 is 0 Å². The topological polar surface area (TPSA) is 72.3 Å². The fourth-order valence-electron chi connectivity index (χ4n) is 3.04. The number of carboxylic acids is 1. The van der Waals surface area contributed by atoms with Gasteiger partial charge in [0.15, 0.2) is 6.10 Å². The lowest BCUT2D eigenvalue weighted by atomic mass is 9.92. The van der Waals surface area contributed by atoms with Crippen molar-refractivity contribution in [3.8, 4) is 11.1 Å². The normalized spacial score (nSPS) is 12.5. The number of carboxylic acid groups (broad SMARTS) is 1. The lowest BCUT2D eigenvalue weighted by Crippen LogP contribution is -2.21. The minimum Gasteiger partial charge on any atom is -0.479 e. The molecule has 1 aromatic carbocycles. The molecule has 26 heavy (non-hydrogen) atoms. The van der Waals surface area contributed by atoms with Crippen molar-refractivity contribution >= 4 is 28.5 Å². The highest BCUT2D eigenvalue weighted by Gasteiger charge is 2.29. The molecule has 1 atom stereocenters. The zero-order chi connectivity index (χ0) is 18.8. The number of benzene rings is 1. The number of pyridine rings is 2. The highest BCUT2D eigenvalue weighted by molar-refractivity contribution is 6.31. The van der Waals surface area contributed by atoms with Crippen LogP contribution in [0.4, 0.5) is 0 Å². The van der Waals surface area contributed by atoms with Gasteiger partial charge >= 0.3 is 5.97 Å². The highest BCUT2D eigenvalue weighted by Crippen LogP contribution is 2.38. The summed E-state index contributed by atoms with van der Waals surface area (Å²) in [5, 5.41) is 11.1. The van der Waals surface area contributed by atoms with Crippen molar-refractivity contribution in [2.24, 2.45) is 0 Å². The molecule has 0 saturated heterocycles. The number of carbonyl (C=O) groups is 1. The molecule has 1 N–H and O–H groups in total. The molecule has 2 aromatic heterocycles. The summed E-state index contributed by atoms with van der Waals surface area (Å²) >= 11 is 6.21. The smallest absolute Gasteiger partial charge is 0.337 e. The average Bonchev–Trinajstić information content (AvgIpc) is 2.59. The van der Waals surface area contributed by atoms with Gasteiger partial charge < -0.3 is 9.84 Å². The molecule has 0 fully saturated rings. The quantitative estimate of drug-likeness (QED) is 0.697. The molecule has 0 bridgehead atoms. The first-order valence-corrected chi connectivity index (χ1v) is 8.64. The Morgan fingerprint density at radius 3 is 2.65 bits per heavy atom. The van der Waals surface area contributed by atoms with Gasteiger partial charge in [-0.05, 0) is 45.0 Å².